The van der Waals surface area contributed by atoms with Crippen molar-refractivity contribution in [1.82, 2.24) is 10.2 Å². The zero-order chi connectivity index (χ0) is 35.2. The minimum Gasteiger partial charge on any atom is -0.467 e. The van der Waals surface area contributed by atoms with Crippen LogP contribution in [0.15, 0.2) is 61.7 Å². The second-order valence-electron chi connectivity index (χ2n) is 14.4. The first-order valence-electron chi connectivity index (χ1n) is 16.0. The predicted molar refractivity (Wildman–Crippen MR) is 188 cm³/mol. The van der Waals surface area contributed by atoms with Crippen LogP contribution in [-0.4, -0.2) is 76.4 Å². The highest BCUT2D eigenvalue weighted by molar-refractivity contribution is 5.91. The molecule has 3 atom stereocenters. The fraction of sp³-hybridized carbons (Fsp3) is 0.500. The first kappa shape index (κ1) is 37.3. The molecule has 0 bridgehead atoms. The average molecular weight is 648 g/mol. The van der Waals surface area contributed by atoms with Crippen LogP contribution in [0.5, 0.6) is 0 Å². The molecule has 1 aliphatic rings. The summed E-state index contributed by atoms with van der Waals surface area (Å²) in [6.45, 7) is 17.6. The Kier molecular flexibility index (Phi) is 12.1. The van der Waals surface area contributed by atoms with E-state index in [0.717, 1.165) is 40.8 Å². The summed E-state index contributed by atoms with van der Waals surface area (Å²) < 4.78 is 16.9. The van der Waals surface area contributed by atoms with Crippen LogP contribution in [0.1, 0.15) is 65.0 Å². The van der Waals surface area contributed by atoms with E-state index in [2.05, 4.69) is 36.7 Å². The third-order valence-electron chi connectivity index (χ3n) is 8.96. The maximum absolute atomic E-state index is 14.3. The topological polar surface area (TPSA) is 97.4 Å². The number of nitrogens with one attached hydrogen (secondary N) is 1. The number of esters is 1. The van der Waals surface area contributed by atoms with Gasteiger partial charge in [0, 0.05) is 33.3 Å². The Morgan fingerprint density at radius 1 is 1.06 bits per heavy atom. The Morgan fingerprint density at radius 3 is 2.26 bits per heavy atom. The van der Waals surface area contributed by atoms with Gasteiger partial charge in [-0.2, -0.15) is 0 Å². The van der Waals surface area contributed by atoms with Gasteiger partial charge in [-0.05, 0) is 58.1 Å². The SMILES string of the molecule is C=CCCC(C)(C)COC(=O)N[C@H](C(=O)N1CC(OC)(c2ccc(-c3ccc(N(C)C)cc3C=C)cc2)CC1C(=O)OC)C(C)(C)C. The Bertz CT molecular complexity index is 1440. The molecule has 1 heterocycles. The van der Waals surface area contributed by atoms with Gasteiger partial charge < -0.3 is 29.3 Å². The number of amides is 2. The lowest BCUT2D eigenvalue weighted by Crippen LogP contribution is -2.57. The van der Waals surface area contributed by atoms with E-state index in [1.54, 1.807) is 7.11 Å². The average Bonchev–Trinajstić information content (AvgIpc) is 3.45. The quantitative estimate of drug-likeness (QED) is 0.188. The molecule has 0 aliphatic carbocycles. The van der Waals surface area contributed by atoms with Crippen molar-refractivity contribution in [1.29, 1.82) is 0 Å². The summed E-state index contributed by atoms with van der Waals surface area (Å²) >= 11 is 0. The van der Waals surface area contributed by atoms with Crippen molar-refractivity contribution in [3.05, 3.63) is 72.8 Å². The van der Waals surface area contributed by atoms with Crippen LogP contribution in [0.4, 0.5) is 10.5 Å². The summed E-state index contributed by atoms with van der Waals surface area (Å²) in [6.07, 6.45) is 4.78. The minimum absolute atomic E-state index is 0.0920. The second kappa shape index (κ2) is 15.2. The molecule has 1 N–H and O–H groups in total. The Balaban J connectivity index is 1.91. The molecule has 9 heteroatoms. The largest absolute Gasteiger partial charge is 0.467 e. The van der Waals surface area contributed by atoms with Crippen LogP contribution < -0.4 is 10.2 Å². The third-order valence-corrected chi connectivity index (χ3v) is 8.96. The van der Waals surface area contributed by atoms with Gasteiger partial charge in [-0.1, -0.05) is 83.7 Å². The molecule has 1 aliphatic heterocycles. The van der Waals surface area contributed by atoms with E-state index in [1.165, 1.54) is 12.0 Å². The van der Waals surface area contributed by atoms with E-state index >= 15 is 0 Å². The number of alkyl carbamates (subject to hydrolysis) is 1. The molecule has 9 nitrogen and oxygen atoms in total. The van der Waals surface area contributed by atoms with Crippen molar-refractivity contribution < 1.29 is 28.6 Å². The van der Waals surface area contributed by atoms with Crippen LogP contribution in [0.3, 0.4) is 0 Å². The molecule has 47 heavy (non-hydrogen) atoms. The number of allylic oxidation sites excluding steroid dienone is 1. The van der Waals surface area contributed by atoms with Gasteiger partial charge in [0.25, 0.3) is 0 Å². The number of rotatable bonds is 13. The molecule has 2 unspecified atom stereocenters. The van der Waals surface area contributed by atoms with Crippen LogP contribution >= 0.6 is 0 Å². The minimum atomic E-state index is -0.985. The monoisotopic (exact) mass is 647 g/mol. The van der Waals surface area contributed by atoms with Gasteiger partial charge in [0.15, 0.2) is 0 Å². The molecule has 3 rings (SSSR count). The maximum atomic E-state index is 14.3. The third kappa shape index (κ3) is 8.83. The summed E-state index contributed by atoms with van der Waals surface area (Å²) in [4.78, 5) is 44.0. The highest BCUT2D eigenvalue weighted by Crippen LogP contribution is 2.41. The molecule has 1 fully saturated rings. The Hall–Kier alpha value is -4.11. The Morgan fingerprint density at radius 2 is 1.72 bits per heavy atom. The van der Waals surface area contributed by atoms with Crippen molar-refractivity contribution in [3.63, 3.8) is 0 Å². The molecule has 2 aromatic rings. The molecule has 0 radical (unpaired) electrons. The smallest absolute Gasteiger partial charge is 0.407 e. The van der Waals surface area contributed by atoms with E-state index < -0.39 is 41.1 Å². The van der Waals surface area contributed by atoms with E-state index in [0.29, 0.717) is 0 Å². The predicted octanol–water partition coefficient (Wildman–Crippen LogP) is 6.81. The zero-order valence-corrected chi connectivity index (χ0v) is 29.6. The van der Waals surface area contributed by atoms with Crippen molar-refractivity contribution in [3.8, 4) is 11.1 Å². The molecule has 256 valence electrons. The molecule has 0 saturated carbocycles. The molecular weight excluding hydrogens is 594 g/mol. The van der Waals surface area contributed by atoms with Gasteiger partial charge in [0.1, 0.15) is 17.7 Å². The maximum Gasteiger partial charge on any atom is 0.407 e. The zero-order valence-electron chi connectivity index (χ0n) is 29.6. The molecular formula is C38H53N3O6. The van der Waals surface area contributed by atoms with Crippen LogP contribution in [0.2, 0.25) is 0 Å². The first-order chi connectivity index (χ1) is 22.0. The normalized spacial score (nSPS) is 18.7. The number of hydrogen-bond acceptors (Lipinski definition) is 7. The van der Waals surface area contributed by atoms with Crippen LogP contribution in [0, 0.1) is 10.8 Å². The van der Waals surface area contributed by atoms with E-state index in [1.807, 2.05) is 90.0 Å². The molecule has 0 spiro atoms. The van der Waals surface area contributed by atoms with Gasteiger partial charge in [-0.3, -0.25) is 4.79 Å². The molecule has 2 aromatic carbocycles. The number of carbonyl (C=O) groups is 3. The van der Waals surface area contributed by atoms with Gasteiger partial charge >= 0.3 is 12.1 Å². The number of methoxy groups -OCH3 is 2. The fourth-order valence-corrected chi connectivity index (χ4v) is 5.94. The van der Waals surface area contributed by atoms with E-state index in [9.17, 15) is 14.4 Å². The summed E-state index contributed by atoms with van der Waals surface area (Å²) in [5.41, 5.74) is 3.00. The number of likely N-dealkylation sites (tertiary alicyclic amines) is 1. The lowest BCUT2D eigenvalue weighted by molar-refractivity contribution is -0.152. The summed E-state index contributed by atoms with van der Waals surface area (Å²) in [5.74, 6) is -0.965. The summed E-state index contributed by atoms with van der Waals surface area (Å²) in [7, 11) is 6.88. The van der Waals surface area contributed by atoms with Crippen LogP contribution in [-0.2, 0) is 29.4 Å². The number of benzene rings is 2. The van der Waals surface area contributed by atoms with Gasteiger partial charge in [-0.25, -0.2) is 9.59 Å². The summed E-state index contributed by atoms with van der Waals surface area (Å²) in [6, 6.07) is 12.3. The van der Waals surface area contributed by atoms with Gasteiger partial charge in [0.05, 0.1) is 20.3 Å². The Labute approximate surface area is 280 Å². The highest BCUT2D eigenvalue weighted by atomic mass is 16.5. The number of ether oxygens (including phenoxy) is 3. The number of anilines is 1. The summed E-state index contributed by atoms with van der Waals surface area (Å²) in [5, 5.41) is 2.80. The molecule has 0 aromatic heterocycles. The van der Waals surface area contributed by atoms with Gasteiger partial charge in [0.2, 0.25) is 5.91 Å². The first-order valence-corrected chi connectivity index (χ1v) is 16.0. The van der Waals surface area contributed by atoms with E-state index in [-0.39, 0.29) is 25.0 Å². The van der Waals surface area contributed by atoms with Gasteiger partial charge in [-0.15, -0.1) is 6.58 Å². The number of nitrogens with zero attached hydrogens (tertiary/aromatic N) is 2. The van der Waals surface area contributed by atoms with Crippen molar-refractivity contribution in [2.75, 3.05) is 46.4 Å². The molecule has 2 amide bonds. The fourth-order valence-electron chi connectivity index (χ4n) is 5.94. The van der Waals surface area contributed by atoms with Crippen LogP contribution in [0.25, 0.3) is 17.2 Å². The molecule has 1 saturated heterocycles. The number of carbonyl (C=O) groups excluding carboxylic acids is 3. The second-order valence-corrected chi connectivity index (χ2v) is 14.4. The van der Waals surface area contributed by atoms with Crippen molar-refractivity contribution >= 4 is 29.7 Å². The standard InChI is InChI=1S/C38H53N3O6/c1-12-14-21-37(6,7)25-47-35(44)39-32(36(3,4)5)33(42)41-24-38(46-11,23-31(41)34(43)45-10)28-17-15-27(16-18-28)30-20-19-29(40(8)9)22-26(30)13-2/h12-13,15-20,22,31-32H,1-2,14,21,23-25H2,3-11H3,(H,39,44)/t31?,32-,38?/m1/s1. The van der Waals surface area contributed by atoms with Crippen molar-refractivity contribution in [2.45, 2.75) is 71.6 Å². The highest BCUT2D eigenvalue weighted by Gasteiger charge is 2.53. The lowest BCUT2D eigenvalue weighted by Gasteiger charge is -2.35. The van der Waals surface area contributed by atoms with E-state index in [4.69, 9.17) is 14.2 Å². The number of hydrogen-bond donors (Lipinski definition) is 1. The lowest BCUT2D eigenvalue weighted by atomic mass is 9.85. The van der Waals surface area contributed by atoms with Crippen molar-refractivity contribution in [2.24, 2.45) is 10.8 Å².